The summed E-state index contributed by atoms with van der Waals surface area (Å²) in [6.07, 6.45) is -1.02. The molecule has 0 fully saturated rings. The first kappa shape index (κ1) is 12.8. The number of halogens is 1. The highest BCUT2D eigenvalue weighted by Crippen LogP contribution is 2.12. The van der Waals surface area contributed by atoms with Crippen LogP contribution in [0.25, 0.3) is 0 Å². The maximum atomic E-state index is 13.3. The minimum absolute atomic E-state index is 0.00519. The minimum Gasteiger partial charge on any atom is -0.346 e. The van der Waals surface area contributed by atoms with Crippen LogP contribution in [0, 0.1) is 5.82 Å². The number of rotatable bonds is 6. The molecule has 4 heteroatoms. The van der Waals surface area contributed by atoms with E-state index in [1.807, 2.05) is 0 Å². The van der Waals surface area contributed by atoms with Crippen LogP contribution >= 0.6 is 0 Å². The van der Waals surface area contributed by atoms with Gasteiger partial charge in [0.05, 0.1) is 5.56 Å². The number of ketones is 1. The molecule has 0 spiro atoms. The summed E-state index contributed by atoms with van der Waals surface area (Å²) in [6.45, 7) is 4.18. The monoisotopic (exact) mass is 226 g/mol. The Hall–Kier alpha value is -1.26. The first-order valence-electron chi connectivity index (χ1n) is 5.22. The van der Waals surface area contributed by atoms with E-state index in [1.54, 1.807) is 19.9 Å². The second-order valence-electron chi connectivity index (χ2n) is 3.09. The molecule has 0 aromatic heterocycles. The Bertz CT molecular complexity index is 346. The number of benzene rings is 1. The summed E-state index contributed by atoms with van der Waals surface area (Å²) in [5, 5.41) is 0. The van der Waals surface area contributed by atoms with Gasteiger partial charge in [-0.15, -0.1) is 0 Å². The summed E-state index contributed by atoms with van der Waals surface area (Å²) in [6, 6.07) is 5.79. The van der Waals surface area contributed by atoms with Crippen LogP contribution in [-0.4, -0.2) is 25.3 Å². The zero-order valence-corrected chi connectivity index (χ0v) is 9.40. The van der Waals surface area contributed by atoms with Gasteiger partial charge in [0.15, 0.2) is 0 Å². The highest BCUT2D eigenvalue weighted by atomic mass is 19.1. The molecule has 3 nitrogen and oxygen atoms in total. The average molecular weight is 226 g/mol. The Balaban J connectivity index is 2.85. The Kier molecular flexibility index (Phi) is 5.08. The van der Waals surface area contributed by atoms with Crippen molar-refractivity contribution in [2.24, 2.45) is 0 Å². The second kappa shape index (κ2) is 6.35. The predicted octanol–water partition coefficient (Wildman–Crippen LogP) is 2.41. The van der Waals surface area contributed by atoms with Gasteiger partial charge in [-0.25, -0.2) is 4.39 Å². The molecule has 0 unspecified atom stereocenters. The van der Waals surface area contributed by atoms with Crippen molar-refractivity contribution in [1.29, 1.82) is 0 Å². The van der Waals surface area contributed by atoms with Gasteiger partial charge in [-0.2, -0.15) is 0 Å². The maximum Gasteiger partial charge on any atom is 0.222 e. The zero-order chi connectivity index (χ0) is 12.0. The molecule has 16 heavy (non-hydrogen) atoms. The molecule has 0 aliphatic heterocycles. The molecule has 0 aliphatic rings. The molecule has 0 saturated heterocycles. The number of hydrogen-bond acceptors (Lipinski definition) is 3. The first-order chi connectivity index (χ1) is 7.70. The van der Waals surface area contributed by atoms with Crippen molar-refractivity contribution in [2.75, 3.05) is 13.2 Å². The summed E-state index contributed by atoms with van der Waals surface area (Å²) in [5.41, 5.74) is -0.00519. The fourth-order valence-corrected chi connectivity index (χ4v) is 1.29. The van der Waals surface area contributed by atoms with Gasteiger partial charge in [-0.05, 0) is 26.0 Å². The van der Waals surface area contributed by atoms with Crippen molar-refractivity contribution in [3.05, 3.63) is 35.6 Å². The molecule has 0 atom stereocenters. The van der Waals surface area contributed by atoms with E-state index in [4.69, 9.17) is 9.47 Å². The molecule has 0 heterocycles. The van der Waals surface area contributed by atoms with Gasteiger partial charge < -0.3 is 9.47 Å². The average Bonchev–Trinajstić information content (AvgIpc) is 2.28. The predicted molar refractivity (Wildman–Crippen MR) is 57.8 cm³/mol. The Labute approximate surface area is 94.2 Å². The van der Waals surface area contributed by atoms with E-state index in [1.165, 1.54) is 18.2 Å². The van der Waals surface area contributed by atoms with Crippen LogP contribution < -0.4 is 0 Å². The quantitative estimate of drug-likeness (QED) is 0.552. The number of hydrogen-bond donors (Lipinski definition) is 0. The van der Waals surface area contributed by atoms with Crippen molar-refractivity contribution < 1.29 is 18.7 Å². The fourth-order valence-electron chi connectivity index (χ4n) is 1.29. The van der Waals surface area contributed by atoms with Crippen LogP contribution in [0.5, 0.6) is 0 Å². The Morgan fingerprint density at radius 1 is 1.25 bits per heavy atom. The van der Waals surface area contributed by atoms with Crippen LogP contribution in [-0.2, 0) is 9.47 Å². The lowest BCUT2D eigenvalue weighted by Crippen LogP contribution is -2.28. The number of carbonyl (C=O) groups is 1. The van der Waals surface area contributed by atoms with Crippen molar-refractivity contribution in [2.45, 2.75) is 20.1 Å². The number of ether oxygens (including phenoxy) is 2. The molecule has 0 amide bonds. The van der Waals surface area contributed by atoms with E-state index in [-0.39, 0.29) is 5.56 Å². The van der Waals surface area contributed by atoms with Crippen LogP contribution in [0.1, 0.15) is 24.2 Å². The third-order valence-electron chi connectivity index (χ3n) is 1.99. The SMILES string of the molecule is CCOC(OCC)C(=O)c1ccccc1F. The summed E-state index contributed by atoms with van der Waals surface area (Å²) in [5.74, 6) is -1.04. The molecule has 1 aromatic carbocycles. The van der Waals surface area contributed by atoms with Gasteiger partial charge in [0.2, 0.25) is 12.1 Å². The third-order valence-corrected chi connectivity index (χ3v) is 1.99. The van der Waals surface area contributed by atoms with Crippen molar-refractivity contribution in [3.8, 4) is 0 Å². The lowest BCUT2D eigenvalue weighted by molar-refractivity contribution is -0.107. The van der Waals surface area contributed by atoms with E-state index in [0.717, 1.165) is 0 Å². The van der Waals surface area contributed by atoms with Gasteiger partial charge in [0.25, 0.3) is 0 Å². The zero-order valence-electron chi connectivity index (χ0n) is 9.40. The second-order valence-corrected chi connectivity index (χ2v) is 3.09. The van der Waals surface area contributed by atoms with Crippen LogP contribution in [0.4, 0.5) is 4.39 Å². The first-order valence-corrected chi connectivity index (χ1v) is 5.22. The molecule has 0 saturated carbocycles. The van der Waals surface area contributed by atoms with E-state index in [9.17, 15) is 9.18 Å². The Morgan fingerprint density at radius 3 is 2.31 bits per heavy atom. The molecule has 0 aliphatic carbocycles. The van der Waals surface area contributed by atoms with Crippen LogP contribution in [0.15, 0.2) is 24.3 Å². The smallest absolute Gasteiger partial charge is 0.222 e. The van der Waals surface area contributed by atoms with Crippen LogP contribution in [0.3, 0.4) is 0 Å². The molecule has 0 radical (unpaired) electrons. The summed E-state index contributed by atoms with van der Waals surface area (Å²) < 4.78 is 23.6. The van der Waals surface area contributed by atoms with E-state index >= 15 is 0 Å². The number of carbonyl (C=O) groups excluding carboxylic acids is 1. The molecule has 0 N–H and O–H groups in total. The summed E-state index contributed by atoms with van der Waals surface area (Å²) in [7, 11) is 0. The molecular formula is C12H15FO3. The summed E-state index contributed by atoms with van der Waals surface area (Å²) in [4.78, 5) is 11.9. The van der Waals surface area contributed by atoms with E-state index < -0.39 is 17.9 Å². The minimum atomic E-state index is -1.02. The topological polar surface area (TPSA) is 35.5 Å². The van der Waals surface area contributed by atoms with Gasteiger partial charge in [0, 0.05) is 13.2 Å². The normalized spacial score (nSPS) is 10.8. The van der Waals surface area contributed by atoms with Crippen LogP contribution in [0.2, 0.25) is 0 Å². The Morgan fingerprint density at radius 2 is 1.81 bits per heavy atom. The lowest BCUT2D eigenvalue weighted by Gasteiger charge is -2.15. The highest BCUT2D eigenvalue weighted by Gasteiger charge is 2.22. The third kappa shape index (κ3) is 3.12. The standard InChI is InChI=1S/C12H15FO3/c1-3-15-12(16-4-2)11(14)9-7-5-6-8-10(9)13/h5-8,12H,3-4H2,1-2H3. The number of Topliss-reactive ketones (excluding diaryl/α,β-unsaturated/α-hetero) is 1. The molecule has 1 rings (SSSR count). The fraction of sp³-hybridized carbons (Fsp3) is 0.417. The maximum absolute atomic E-state index is 13.3. The summed E-state index contributed by atoms with van der Waals surface area (Å²) >= 11 is 0. The van der Waals surface area contributed by atoms with Gasteiger partial charge in [0.1, 0.15) is 5.82 Å². The lowest BCUT2D eigenvalue weighted by atomic mass is 10.1. The largest absolute Gasteiger partial charge is 0.346 e. The van der Waals surface area contributed by atoms with Crippen molar-refractivity contribution in [1.82, 2.24) is 0 Å². The van der Waals surface area contributed by atoms with E-state index in [0.29, 0.717) is 13.2 Å². The van der Waals surface area contributed by atoms with Gasteiger partial charge >= 0.3 is 0 Å². The van der Waals surface area contributed by atoms with Gasteiger partial charge in [-0.1, -0.05) is 12.1 Å². The highest BCUT2D eigenvalue weighted by molar-refractivity contribution is 5.98. The van der Waals surface area contributed by atoms with Gasteiger partial charge in [-0.3, -0.25) is 4.79 Å². The van der Waals surface area contributed by atoms with Crippen molar-refractivity contribution in [3.63, 3.8) is 0 Å². The van der Waals surface area contributed by atoms with E-state index in [2.05, 4.69) is 0 Å². The van der Waals surface area contributed by atoms with Crippen molar-refractivity contribution >= 4 is 5.78 Å². The molecule has 1 aromatic rings. The molecule has 0 bridgehead atoms. The molecule has 88 valence electrons. The molecular weight excluding hydrogens is 211 g/mol.